The summed E-state index contributed by atoms with van der Waals surface area (Å²) in [5, 5.41) is 0. The molecule has 0 aliphatic heterocycles. The highest BCUT2D eigenvalue weighted by molar-refractivity contribution is 5.84. The van der Waals surface area contributed by atoms with Crippen LogP contribution in [0.25, 0.3) is 11.1 Å². The van der Waals surface area contributed by atoms with Crippen molar-refractivity contribution in [3.8, 4) is 0 Å². The Morgan fingerprint density at radius 3 is 2.60 bits per heavy atom. The minimum Gasteiger partial charge on any atom is -0.438 e. The van der Waals surface area contributed by atoms with E-state index in [0.717, 1.165) is 0 Å². The summed E-state index contributed by atoms with van der Waals surface area (Å²) < 4.78 is 18.6. The van der Waals surface area contributed by atoms with Crippen LogP contribution in [0.5, 0.6) is 0 Å². The summed E-state index contributed by atoms with van der Waals surface area (Å²) in [6, 6.07) is 2.56. The maximum Gasteiger partial charge on any atom is 0.200 e. The Morgan fingerprint density at radius 2 is 2.00 bits per heavy atom. The van der Waals surface area contributed by atoms with Crippen LogP contribution in [0.15, 0.2) is 16.5 Å². The fourth-order valence-corrected chi connectivity index (χ4v) is 1.34. The van der Waals surface area contributed by atoms with Crippen LogP contribution in [0.2, 0.25) is 0 Å². The molecule has 80 valence electrons. The lowest BCUT2D eigenvalue weighted by molar-refractivity contribution is 0.411. The standard InChI is InChI=1S/C11H13FN2O/c1-11(2,3)10-14-8-5-6(12)4-7(13)9(8)15-10/h4-5H,13H2,1-3H3. The summed E-state index contributed by atoms with van der Waals surface area (Å²) in [7, 11) is 0. The molecule has 0 fully saturated rings. The van der Waals surface area contributed by atoms with E-state index in [0.29, 0.717) is 17.0 Å². The van der Waals surface area contributed by atoms with Crippen molar-refractivity contribution in [2.75, 3.05) is 5.73 Å². The van der Waals surface area contributed by atoms with Crippen molar-refractivity contribution >= 4 is 16.8 Å². The van der Waals surface area contributed by atoms with Gasteiger partial charge in [-0.05, 0) is 0 Å². The average molecular weight is 208 g/mol. The summed E-state index contributed by atoms with van der Waals surface area (Å²) in [6.45, 7) is 5.93. The van der Waals surface area contributed by atoms with E-state index in [9.17, 15) is 4.39 Å². The van der Waals surface area contributed by atoms with E-state index >= 15 is 0 Å². The molecule has 0 radical (unpaired) electrons. The van der Waals surface area contributed by atoms with Crippen molar-refractivity contribution in [2.45, 2.75) is 26.2 Å². The van der Waals surface area contributed by atoms with E-state index < -0.39 is 5.82 Å². The molecule has 0 aliphatic carbocycles. The maximum atomic E-state index is 13.0. The van der Waals surface area contributed by atoms with Crippen LogP contribution in [-0.2, 0) is 5.41 Å². The van der Waals surface area contributed by atoms with Crippen LogP contribution in [0.1, 0.15) is 26.7 Å². The molecule has 0 saturated heterocycles. The number of rotatable bonds is 0. The quantitative estimate of drug-likeness (QED) is 0.677. The van der Waals surface area contributed by atoms with Crippen LogP contribution in [-0.4, -0.2) is 4.98 Å². The van der Waals surface area contributed by atoms with Crippen molar-refractivity contribution < 1.29 is 8.81 Å². The molecule has 2 rings (SSSR count). The van der Waals surface area contributed by atoms with Gasteiger partial charge in [0.05, 0.1) is 5.69 Å². The third kappa shape index (κ3) is 1.67. The van der Waals surface area contributed by atoms with Crippen molar-refractivity contribution in [3.63, 3.8) is 0 Å². The highest BCUT2D eigenvalue weighted by Crippen LogP contribution is 2.29. The number of fused-ring (bicyclic) bond motifs is 1. The second kappa shape index (κ2) is 2.95. The Hall–Kier alpha value is -1.58. The van der Waals surface area contributed by atoms with E-state index in [2.05, 4.69) is 4.98 Å². The predicted molar refractivity (Wildman–Crippen MR) is 57.1 cm³/mol. The molecule has 2 N–H and O–H groups in total. The van der Waals surface area contributed by atoms with Crippen molar-refractivity contribution in [1.29, 1.82) is 0 Å². The Morgan fingerprint density at radius 1 is 1.33 bits per heavy atom. The molecule has 0 amide bonds. The molecule has 0 spiro atoms. The number of halogens is 1. The number of nitrogens with zero attached hydrogens (tertiary/aromatic N) is 1. The topological polar surface area (TPSA) is 52.0 Å². The van der Waals surface area contributed by atoms with Gasteiger partial charge >= 0.3 is 0 Å². The number of nitrogens with two attached hydrogens (primary N) is 1. The summed E-state index contributed by atoms with van der Waals surface area (Å²) >= 11 is 0. The molecule has 0 unspecified atom stereocenters. The maximum absolute atomic E-state index is 13.0. The van der Waals surface area contributed by atoms with E-state index in [1.54, 1.807) is 0 Å². The zero-order valence-electron chi connectivity index (χ0n) is 8.97. The molecule has 0 atom stereocenters. The molecule has 15 heavy (non-hydrogen) atoms. The summed E-state index contributed by atoms with van der Waals surface area (Å²) in [5.74, 6) is 0.170. The molecule has 0 bridgehead atoms. The molecular weight excluding hydrogens is 195 g/mol. The number of aromatic nitrogens is 1. The molecule has 2 aromatic rings. The van der Waals surface area contributed by atoms with E-state index in [4.69, 9.17) is 10.2 Å². The van der Waals surface area contributed by atoms with Gasteiger partial charge in [-0.3, -0.25) is 0 Å². The van der Waals surface area contributed by atoms with Gasteiger partial charge in [0.1, 0.15) is 11.3 Å². The highest BCUT2D eigenvalue weighted by Gasteiger charge is 2.21. The van der Waals surface area contributed by atoms with Crippen molar-refractivity contribution in [2.24, 2.45) is 0 Å². The first kappa shape index (κ1) is 9.96. The number of hydrogen-bond donors (Lipinski definition) is 1. The molecule has 1 heterocycles. The number of oxazole rings is 1. The normalized spacial score (nSPS) is 12.3. The van der Waals surface area contributed by atoms with E-state index in [-0.39, 0.29) is 11.1 Å². The monoisotopic (exact) mass is 208 g/mol. The lowest BCUT2D eigenvalue weighted by atomic mass is 9.97. The fraction of sp³-hybridized carbons (Fsp3) is 0.364. The zero-order valence-corrected chi connectivity index (χ0v) is 8.97. The van der Waals surface area contributed by atoms with Crippen LogP contribution >= 0.6 is 0 Å². The average Bonchev–Trinajstić information content (AvgIpc) is 2.46. The van der Waals surface area contributed by atoms with Gasteiger partial charge in [-0.2, -0.15) is 0 Å². The number of hydrogen-bond acceptors (Lipinski definition) is 3. The van der Waals surface area contributed by atoms with Crippen LogP contribution in [0, 0.1) is 5.82 Å². The lowest BCUT2D eigenvalue weighted by Gasteiger charge is -2.11. The minimum absolute atomic E-state index is 0.206. The van der Waals surface area contributed by atoms with Gasteiger partial charge in [0.2, 0.25) is 5.89 Å². The highest BCUT2D eigenvalue weighted by atomic mass is 19.1. The van der Waals surface area contributed by atoms with Crippen LogP contribution < -0.4 is 5.73 Å². The summed E-state index contributed by atoms with van der Waals surface area (Å²) in [4.78, 5) is 4.22. The number of benzene rings is 1. The first-order valence-electron chi connectivity index (χ1n) is 4.74. The SMILES string of the molecule is CC(C)(C)c1nc2cc(F)cc(N)c2o1. The third-order valence-electron chi connectivity index (χ3n) is 2.13. The first-order chi connectivity index (χ1) is 6.88. The van der Waals surface area contributed by atoms with Crippen molar-refractivity contribution in [1.82, 2.24) is 4.98 Å². The number of anilines is 1. The summed E-state index contributed by atoms with van der Waals surface area (Å²) in [6.07, 6.45) is 0. The Labute approximate surface area is 87.1 Å². The molecule has 0 saturated carbocycles. The zero-order chi connectivity index (χ0) is 11.2. The molecule has 3 nitrogen and oxygen atoms in total. The molecule has 4 heteroatoms. The van der Waals surface area contributed by atoms with E-state index in [1.165, 1.54) is 12.1 Å². The predicted octanol–water partition coefficient (Wildman–Crippen LogP) is 2.85. The second-order valence-corrected chi connectivity index (χ2v) is 4.61. The number of nitrogen functional groups attached to an aromatic ring is 1. The van der Waals surface area contributed by atoms with E-state index in [1.807, 2.05) is 20.8 Å². The largest absolute Gasteiger partial charge is 0.438 e. The first-order valence-corrected chi connectivity index (χ1v) is 4.74. The second-order valence-electron chi connectivity index (χ2n) is 4.61. The van der Waals surface area contributed by atoms with Gasteiger partial charge in [0, 0.05) is 17.5 Å². The Balaban J connectivity index is 2.71. The smallest absolute Gasteiger partial charge is 0.200 e. The van der Waals surface area contributed by atoms with Gasteiger partial charge in [0.15, 0.2) is 5.58 Å². The summed E-state index contributed by atoms with van der Waals surface area (Å²) in [5.41, 5.74) is 6.65. The van der Waals surface area contributed by atoms with Crippen LogP contribution in [0.4, 0.5) is 10.1 Å². The van der Waals surface area contributed by atoms with Gasteiger partial charge in [-0.25, -0.2) is 9.37 Å². The van der Waals surface area contributed by atoms with Gasteiger partial charge < -0.3 is 10.2 Å². The van der Waals surface area contributed by atoms with Gasteiger partial charge in [-0.1, -0.05) is 20.8 Å². The van der Waals surface area contributed by atoms with Crippen molar-refractivity contribution in [3.05, 3.63) is 23.8 Å². The molecule has 1 aromatic carbocycles. The van der Waals surface area contributed by atoms with Gasteiger partial charge in [-0.15, -0.1) is 0 Å². The molecule has 0 aliphatic rings. The third-order valence-corrected chi connectivity index (χ3v) is 2.13. The van der Waals surface area contributed by atoms with Gasteiger partial charge in [0.25, 0.3) is 0 Å². The fourth-order valence-electron chi connectivity index (χ4n) is 1.34. The van der Waals surface area contributed by atoms with Crippen LogP contribution in [0.3, 0.4) is 0 Å². The minimum atomic E-state index is -0.395. The Kier molecular flexibility index (Phi) is 1.96. The molecule has 1 aromatic heterocycles. The Bertz CT molecular complexity index is 511. The lowest BCUT2D eigenvalue weighted by Crippen LogP contribution is -2.10. The molecular formula is C11H13FN2O.